The third-order valence-corrected chi connectivity index (χ3v) is 10.7. The first kappa shape index (κ1) is 26.2. The molecule has 1 unspecified atom stereocenters. The number of hydrogen-bond donors (Lipinski definition) is 0. The number of esters is 2. The van der Waals surface area contributed by atoms with Gasteiger partial charge in [0.05, 0.1) is 19.3 Å². The van der Waals surface area contributed by atoms with E-state index >= 15 is 0 Å². The van der Waals surface area contributed by atoms with Crippen LogP contribution in [0.1, 0.15) is 72.6 Å². The molecule has 6 nitrogen and oxygen atoms in total. The molecule has 4 rings (SSSR count). The Morgan fingerprint density at radius 2 is 1.88 bits per heavy atom. The number of rotatable bonds is 5. The van der Waals surface area contributed by atoms with Crippen molar-refractivity contribution in [1.82, 2.24) is 0 Å². The lowest BCUT2D eigenvalue weighted by Crippen LogP contribution is -2.62. The molecule has 34 heavy (non-hydrogen) atoms. The predicted molar refractivity (Wildman–Crippen MR) is 135 cm³/mol. The highest BCUT2D eigenvalue weighted by Crippen LogP contribution is 2.65. The summed E-state index contributed by atoms with van der Waals surface area (Å²) in [6, 6.07) is 0. The topological polar surface area (TPSA) is 71.1 Å². The van der Waals surface area contributed by atoms with Crippen molar-refractivity contribution in [1.29, 1.82) is 0 Å². The average molecular weight is 513 g/mol. The fourth-order valence-electron chi connectivity index (χ4n) is 8.32. The van der Waals surface area contributed by atoms with Crippen molar-refractivity contribution in [3.05, 3.63) is 0 Å². The summed E-state index contributed by atoms with van der Waals surface area (Å²) >= 11 is 6.87. The van der Waals surface area contributed by atoms with Crippen LogP contribution in [-0.2, 0) is 28.5 Å². The molecular formula is C26H40O6S2. The summed E-state index contributed by atoms with van der Waals surface area (Å²) in [4.78, 5) is 23.3. The van der Waals surface area contributed by atoms with Crippen molar-refractivity contribution < 1.29 is 28.5 Å². The van der Waals surface area contributed by atoms with E-state index in [0.717, 1.165) is 51.6 Å². The summed E-state index contributed by atoms with van der Waals surface area (Å²) in [5.41, 5.74) is 0.0397. The van der Waals surface area contributed by atoms with Crippen molar-refractivity contribution in [2.45, 2.75) is 91.0 Å². The maximum Gasteiger partial charge on any atom is 0.302 e. The first-order valence-electron chi connectivity index (χ1n) is 12.8. The predicted octanol–water partition coefficient (Wildman–Crippen LogP) is 5.16. The van der Waals surface area contributed by atoms with Crippen molar-refractivity contribution in [3.8, 4) is 0 Å². The molecule has 8 heteroatoms. The number of thiocarbonyl (C=S) groups is 1. The number of hydrogen-bond acceptors (Lipinski definition) is 8. The Bertz CT molecular complexity index is 804. The minimum absolute atomic E-state index is 0.0121. The van der Waals surface area contributed by atoms with Gasteiger partial charge in [-0.1, -0.05) is 18.7 Å². The maximum atomic E-state index is 11.6. The van der Waals surface area contributed by atoms with Crippen LogP contribution in [0.4, 0.5) is 0 Å². The lowest BCUT2D eigenvalue weighted by molar-refractivity contribution is -0.231. The van der Waals surface area contributed by atoms with Gasteiger partial charge in [0.2, 0.25) is 4.38 Å². The van der Waals surface area contributed by atoms with Gasteiger partial charge in [0, 0.05) is 31.6 Å². The Kier molecular flexibility index (Phi) is 7.90. The average Bonchev–Trinajstić information content (AvgIpc) is 3.14. The van der Waals surface area contributed by atoms with Crippen molar-refractivity contribution in [3.63, 3.8) is 0 Å². The van der Waals surface area contributed by atoms with E-state index in [9.17, 15) is 9.59 Å². The van der Waals surface area contributed by atoms with Crippen LogP contribution in [0.15, 0.2) is 0 Å². The van der Waals surface area contributed by atoms with Gasteiger partial charge in [-0.25, -0.2) is 0 Å². The summed E-state index contributed by atoms with van der Waals surface area (Å²) in [7, 11) is 0. The minimum Gasteiger partial charge on any atom is -0.478 e. The smallest absolute Gasteiger partial charge is 0.302 e. The molecule has 0 aromatic carbocycles. The van der Waals surface area contributed by atoms with Crippen LogP contribution in [0.5, 0.6) is 0 Å². The van der Waals surface area contributed by atoms with E-state index in [4.69, 9.17) is 31.2 Å². The second-order valence-corrected chi connectivity index (χ2v) is 12.6. The molecule has 0 radical (unpaired) electrons. The standard InChI is InChI=1S/C26H40O6S2/c1-15(31-16(2)27)20-6-7-21-19-13-29-23-12-18(32-17(3)28)8-11-26(23,14-30-24(33)34-5)22(19)9-10-25(20,21)4/h15,18-23H,6-14H2,1-5H3/t15?,18-,19-,20+,21-,22-,23-,25+,26-/m0/s1. The number of fused-ring (bicyclic) bond motifs is 5. The lowest BCUT2D eigenvalue weighted by atomic mass is 9.49. The van der Waals surface area contributed by atoms with Gasteiger partial charge in [-0.2, -0.15) is 0 Å². The Morgan fingerprint density at radius 1 is 1.12 bits per heavy atom. The number of carbonyl (C=O) groups is 2. The molecule has 3 aliphatic carbocycles. The minimum atomic E-state index is -0.224. The highest BCUT2D eigenvalue weighted by Gasteiger charge is 2.63. The van der Waals surface area contributed by atoms with Crippen LogP contribution in [-0.4, -0.2) is 54.1 Å². The number of thioether (sulfide) groups is 1. The zero-order chi connectivity index (χ0) is 24.7. The molecule has 1 heterocycles. The summed E-state index contributed by atoms with van der Waals surface area (Å²) in [6.07, 6.45) is 8.80. The fraction of sp³-hybridized carbons (Fsp3) is 0.885. The number of ether oxygens (including phenoxy) is 4. The number of carbonyl (C=O) groups excluding carboxylic acids is 2. The van der Waals surface area contributed by atoms with E-state index in [1.54, 1.807) is 0 Å². The normalized spacial score (nSPS) is 41.9. The van der Waals surface area contributed by atoms with E-state index in [2.05, 4.69) is 13.8 Å². The maximum absolute atomic E-state index is 11.6. The van der Waals surface area contributed by atoms with Crippen LogP contribution in [0, 0.1) is 34.5 Å². The van der Waals surface area contributed by atoms with Crippen molar-refractivity contribution in [2.75, 3.05) is 19.5 Å². The molecule has 0 aromatic rings. The zero-order valence-corrected chi connectivity index (χ0v) is 22.8. The fourth-order valence-corrected chi connectivity index (χ4v) is 8.56. The summed E-state index contributed by atoms with van der Waals surface area (Å²) in [6.45, 7) is 8.78. The highest BCUT2D eigenvalue weighted by atomic mass is 32.2. The van der Waals surface area contributed by atoms with Gasteiger partial charge in [-0.3, -0.25) is 9.59 Å². The Balaban J connectivity index is 1.57. The van der Waals surface area contributed by atoms with Crippen LogP contribution in [0.2, 0.25) is 0 Å². The first-order valence-corrected chi connectivity index (χ1v) is 14.4. The molecule has 3 saturated carbocycles. The van der Waals surface area contributed by atoms with Gasteiger partial charge in [-0.15, -0.1) is 0 Å². The molecule has 192 valence electrons. The molecule has 1 saturated heterocycles. The molecule has 0 amide bonds. The molecule has 0 spiro atoms. The van der Waals surface area contributed by atoms with Gasteiger partial charge in [-0.05, 0) is 87.1 Å². The molecule has 0 N–H and O–H groups in total. The van der Waals surface area contributed by atoms with Crippen molar-refractivity contribution >= 4 is 40.3 Å². The van der Waals surface area contributed by atoms with Crippen LogP contribution < -0.4 is 0 Å². The zero-order valence-electron chi connectivity index (χ0n) is 21.2. The van der Waals surface area contributed by atoms with Gasteiger partial charge in [0.15, 0.2) is 0 Å². The van der Waals surface area contributed by atoms with Crippen LogP contribution >= 0.6 is 24.0 Å². The summed E-state index contributed by atoms with van der Waals surface area (Å²) < 4.78 is 24.6. The molecule has 0 aromatic heterocycles. The SMILES string of the molecule is CSC(=S)OC[C@]12CC[C@H](OC(C)=O)C[C@@H]1OC[C@H]1[C@@H]3CC[C@H](C(C)OC(C)=O)[C@@]3(C)CC[C@@H]12. The third kappa shape index (κ3) is 4.75. The third-order valence-electron chi connectivity index (χ3n) is 9.67. The molecule has 9 atom stereocenters. The Hall–Kier alpha value is -0.860. The van der Waals surface area contributed by atoms with Crippen molar-refractivity contribution in [2.24, 2.45) is 34.5 Å². The van der Waals surface area contributed by atoms with Crippen LogP contribution in [0.25, 0.3) is 0 Å². The van der Waals surface area contributed by atoms with Crippen LogP contribution in [0.3, 0.4) is 0 Å². The van der Waals surface area contributed by atoms with E-state index in [0.29, 0.717) is 34.7 Å². The van der Waals surface area contributed by atoms with E-state index in [1.165, 1.54) is 25.6 Å². The second-order valence-electron chi connectivity index (χ2n) is 11.2. The quantitative estimate of drug-likeness (QED) is 0.369. The molecule has 4 fully saturated rings. The summed E-state index contributed by atoms with van der Waals surface area (Å²) in [5, 5.41) is 0. The Labute approximate surface area is 213 Å². The van der Waals surface area contributed by atoms with E-state index in [-0.39, 0.29) is 41.1 Å². The molecule has 4 aliphatic rings. The molecule has 1 aliphatic heterocycles. The molecule has 0 bridgehead atoms. The van der Waals surface area contributed by atoms with Gasteiger partial charge >= 0.3 is 11.9 Å². The van der Waals surface area contributed by atoms with E-state index in [1.807, 2.05) is 6.26 Å². The second kappa shape index (κ2) is 10.3. The van der Waals surface area contributed by atoms with Gasteiger partial charge in [0.25, 0.3) is 0 Å². The first-order chi connectivity index (χ1) is 16.1. The largest absolute Gasteiger partial charge is 0.478 e. The van der Waals surface area contributed by atoms with E-state index < -0.39 is 0 Å². The highest BCUT2D eigenvalue weighted by molar-refractivity contribution is 8.22. The Morgan fingerprint density at radius 3 is 2.56 bits per heavy atom. The lowest BCUT2D eigenvalue weighted by Gasteiger charge is -2.61. The monoisotopic (exact) mass is 512 g/mol. The summed E-state index contributed by atoms with van der Waals surface area (Å²) in [5.74, 6) is 1.47. The van der Waals surface area contributed by atoms with Gasteiger partial charge < -0.3 is 18.9 Å². The van der Waals surface area contributed by atoms with Gasteiger partial charge in [0.1, 0.15) is 12.2 Å². The molecular weight excluding hydrogens is 472 g/mol.